The van der Waals surface area contributed by atoms with E-state index in [1.54, 1.807) is 25.1 Å². The fourth-order valence-corrected chi connectivity index (χ4v) is 3.20. The number of aryl methyl sites for hydroxylation is 1. The molecule has 1 aromatic carbocycles. The van der Waals surface area contributed by atoms with Crippen LogP contribution in [0.2, 0.25) is 5.02 Å². The second kappa shape index (κ2) is 5.99. The van der Waals surface area contributed by atoms with Gasteiger partial charge >= 0.3 is 0 Å². The van der Waals surface area contributed by atoms with E-state index in [2.05, 4.69) is 5.32 Å². The zero-order valence-electron chi connectivity index (χ0n) is 10.6. The van der Waals surface area contributed by atoms with Gasteiger partial charge in [0.25, 0.3) is 0 Å². The predicted molar refractivity (Wildman–Crippen MR) is 75.9 cm³/mol. The van der Waals surface area contributed by atoms with Crippen molar-refractivity contribution in [2.75, 3.05) is 6.54 Å². The molecule has 1 atom stereocenters. The highest BCUT2D eigenvalue weighted by atomic mass is 35.5. The van der Waals surface area contributed by atoms with Crippen molar-refractivity contribution in [1.29, 1.82) is 0 Å². The molecule has 0 radical (unpaired) electrons. The second-order valence-corrected chi connectivity index (χ2v) is 5.58. The summed E-state index contributed by atoms with van der Waals surface area (Å²) in [5, 5.41) is 5.55. The molecule has 1 nitrogen and oxygen atoms in total. The summed E-state index contributed by atoms with van der Waals surface area (Å²) in [5.41, 5.74) is 0.586. The average molecular weight is 302 g/mol. The number of thiophene rings is 1. The Kier molecular flexibility index (Phi) is 4.55. The van der Waals surface area contributed by atoms with E-state index in [4.69, 9.17) is 11.6 Å². The minimum Gasteiger partial charge on any atom is -0.306 e. The summed E-state index contributed by atoms with van der Waals surface area (Å²) in [4.78, 5) is 0.797. The van der Waals surface area contributed by atoms with E-state index in [-0.39, 0.29) is 5.56 Å². The number of halogens is 3. The molecule has 0 aliphatic rings. The molecule has 0 aliphatic heterocycles. The first-order chi connectivity index (χ1) is 9.06. The minimum absolute atomic E-state index is 0.286. The van der Waals surface area contributed by atoms with Gasteiger partial charge in [-0.15, -0.1) is 11.3 Å². The molecule has 0 bridgehead atoms. The third-order valence-corrected chi connectivity index (χ3v) is 4.35. The molecule has 0 saturated heterocycles. The highest BCUT2D eigenvalue weighted by molar-refractivity contribution is 7.10. The molecule has 2 rings (SSSR count). The summed E-state index contributed by atoms with van der Waals surface area (Å²) < 4.78 is 27.8. The maximum Gasteiger partial charge on any atom is 0.164 e. The molecule has 1 heterocycles. The molecule has 0 aliphatic carbocycles. The lowest BCUT2D eigenvalue weighted by Gasteiger charge is -2.19. The van der Waals surface area contributed by atoms with E-state index in [9.17, 15) is 8.78 Å². The van der Waals surface area contributed by atoms with Crippen LogP contribution >= 0.6 is 22.9 Å². The Morgan fingerprint density at radius 1 is 1.26 bits per heavy atom. The van der Waals surface area contributed by atoms with Gasteiger partial charge in [0.2, 0.25) is 0 Å². The quantitative estimate of drug-likeness (QED) is 0.864. The second-order valence-electron chi connectivity index (χ2n) is 4.22. The van der Waals surface area contributed by atoms with E-state index in [0.29, 0.717) is 17.1 Å². The van der Waals surface area contributed by atoms with Crippen LogP contribution in [0.4, 0.5) is 8.78 Å². The van der Waals surface area contributed by atoms with Gasteiger partial charge in [0.05, 0.1) is 11.1 Å². The van der Waals surface area contributed by atoms with E-state index < -0.39 is 17.7 Å². The molecular formula is C14H14ClF2NS. The van der Waals surface area contributed by atoms with E-state index >= 15 is 0 Å². The molecule has 0 spiro atoms. The standard InChI is InChI=1S/C14H14ClF2NS/c1-3-18-13(14-10(15)6-7-19-14)9-5-4-8(2)11(16)12(9)17/h4-7,13,18H,3H2,1-2H3. The first-order valence-corrected chi connectivity index (χ1v) is 7.22. The zero-order chi connectivity index (χ0) is 14.0. The maximum atomic E-state index is 14.1. The first kappa shape index (κ1) is 14.4. The van der Waals surface area contributed by atoms with E-state index in [1.165, 1.54) is 11.3 Å². The Bertz CT molecular complexity index is 583. The van der Waals surface area contributed by atoms with Crippen LogP contribution in [-0.2, 0) is 0 Å². The predicted octanol–water partition coefficient (Wildman–Crippen LogP) is 4.69. The Hall–Kier alpha value is -0.970. The third-order valence-electron chi connectivity index (χ3n) is 2.93. The lowest BCUT2D eigenvalue weighted by atomic mass is 10.0. The van der Waals surface area contributed by atoms with Crippen LogP contribution in [-0.4, -0.2) is 6.54 Å². The van der Waals surface area contributed by atoms with Crippen molar-refractivity contribution in [3.05, 3.63) is 56.2 Å². The lowest BCUT2D eigenvalue weighted by molar-refractivity contribution is 0.480. The molecular weight excluding hydrogens is 288 g/mol. The first-order valence-electron chi connectivity index (χ1n) is 5.97. The number of hydrogen-bond donors (Lipinski definition) is 1. The Morgan fingerprint density at radius 2 is 2.00 bits per heavy atom. The Morgan fingerprint density at radius 3 is 2.58 bits per heavy atom. The van der Waals surface area contributed by atoms with Crippen LogP contribution in [0.1, 0.15) is 29.0 Å². The largest absolute Gasteiger partial charge is 0.306 e. The van der Waals surface area contributed by atoms with Gasteiger partial charge in [0.15, 0.2) is 11.6 Å². The Balaban J connectivity index is 2.52. The fourth-order valence-electron chi connectivity index (χ4n) is 1.94. The average Bonchev–Trinajstić information content (AvgIpc) is 2.80. The molecule has 19 heavy (non-hydrogen) atoms. The molecule has 5 heteroatoms. The van der Waals surface area contributed by atoms with Crippen molar-refractivity contribution < 1.29 is 8.78 Å². The van der Waals surface area contributed by atoms with Gasteiger partial charge in [-0.2, -0.15) is 0 Å². The summed E-state index contributed by atoms with van der Waals surface area (Å²) in [7, 11) is 0. The van der Waals surface area contributed by atoms with Gasteiger partial charge in [-0.05, 0) is 30.5 Å². The highest BCUT2D eigenvalue weighted by Crippen LogP contribution is 2.34. The van der Waals surface area contributed by atoms with Crippen LogP contribution in [0.5, 0.6) is 0 Å². The van der Waals surface area contributed by atoms with Crippen molar-refractivity contribution >= 4 is 22.9 Å². The SMILES string of the molecule is CCNC(c1ccc(C)c(F)c1F)c1sccc1Cl. The molecule has 0 fully saturated rings. The van der Waals surface area contributed by atoms with Crippen molar-refractivity contribution in [1.82, 2.24) is 5.32 Å². The van der Waals surface area contributed by atoms with Gasteiger partial charge in [-0.25, -0.2) is 8.78 Å². The minimum atomic E-state index is -0.810. The van der Waals surface area contributed by atoms with Crippen molar-refractivity contribution in [3.8, 4) is 0 Å². The van der Waals surface area contributed by atoms with Gasteiger partial charge < -0.3 is 5.32 Å². The van der Waals surface area contributed by atoms with Gasteiger partial charge in [0, 0.05) is 10.4 Å². The smallest absolute Gasteiger partial charge is 0.164 e. The Labute approximate surface area is 120 Å². The van der Waals surface area contributed by atoms with Crippen LogP contribution in [0.25, 0.3) is 0 Å². The van der Waals surface area contributed by atoms with E-state index in [1.807, 2.05) is 12.3 Å². The summed E-state index contributed by atoms with van der Waals surface area (Å²) in [6.45, 7) is 4.09. The monoisotopic (exact) mass is 301 g/mol. The molecule has 0 saturated carbocycles. The molecule has 102 valence electrons. The number of nitrogens with one attached hydrogen (secondary N) is 1. The van der Waals surface area contributed by atoms with Gasteiger partial charge in [-0.3, -0.25) is 0 Å². The molecule has 1 unspecified atom stereocenters. The van der Waals surface area contributed by atoms with Crippen molar-refractivity contribution in [2.24, 2.45) is 0 Å². The molecule has 2 aromatic rings. The summed E-state index contributed by atoms with van der Waals surface area (Å²) in [6.07, 6.45) is 0. The van der Waals surface area contributed by atoms with Crippen LogP contribution in [0.15, 0.2) is 23.6 Å². The molecule has 1 N–H and O–H groups in total. The summed E-state index contributed by atoms with van der Waals surface area (Å²) in [6, 6.07) is 4.53. The van der Waals surface area contributed by atoms with Crippen molar-refractivity contribution in [2.45, 2.75) is 19.9 Å². The molecule has 0 amide bonds. The lowest BCUT2D eigenvalue weighted by Crippen LogP contribution is -2.23. The van der Waals surface area contributed by atoms with Crippen LogP contribution in [0, 0.1) is 18.6 Å². The van der Waals surface area contributed by atoms with Crippen molar-refractivity contribution in [3.63, 3.8) is 0 Å². The van der Waals surface area contributed by atoms with E-state index in [0.717, 1.165) is 4.88 Å². The fraction of sp³-hybridized carbons (Fsp3) is 0.286. The maximum absolute atomic E-state index is 14.1. The zero-order valence-corrected chi connectivity index (χ0v) is 12.2. The molecule has 1 aromatic heterocycles. The topological polar surface area (TPSA) is 12.0 Å². The normalized spacial score (nSPS) is 12.7. The number of rotatable bonds is 4. The third kappa shape index (κ3) is 2.81. The van der Waals surface area contributed by atoms with Gasteiger partial charge in [0.1, 0.15) is 0 Å². The van der Waals surface area contributed by atoms with Crippen LogP contribution in [0.3, 0.4) is 0 Å². The number of hydrogen-bond acceptors (Lipinski definition) is 2. The highest BCUT2D eigenvalue weighted by Gasteiger charge is 2.23. The van der Waals surface area contributed by atoms with Gasteiger partial charge in [-0.1, -0.05) is 30.7 Å². The summed E-state index contributed by atoms with van der Waals surface area (Å²) in [5.74, 6) is -1.61. The van der Waals surface area contributed by atoms with Crippen LogP contribution < -0.4 is 5.32 Å². The summed E-state index contributed by atoms with van der Waals surface area (Å²) >= 11 is 7.53. The number of benzene rings is 1.